The number of nitrogens with two attached hydrogens (primary N) is 1. The van der Waals surface area contributed by atoms with Crippen molar-refractivity contribution in [2.45, 2.75) is 43.4 Å². The Labute approximate surface area is 179 Å². The number of hydrogen-bond acceptors (Lipinski definition) is 3. The molecule has 1 atom stereocenters. The molecule has 176 valence electrons. The first-order valence-electron chi connectivity index (χ1n) is 8.92. The van der Waals surface area contributed by atoms with Gasteiger partial charge in [-0.05, 0) is 18.4 Å². The molecule has 1 aromatic carbocycles. The lowest BCUT2D eigenvalue weighted by Crippen LogP contribution is -2.37. The van der Waals surface area contributed by atoms with Crippen LogP contribution in [0.1, 0.15) is 36.6 Å². The van der Waals surface area contributed by atoms with Crippen molar-refractivity contribution in [3.05, 3.63) is 35.9 Å². The van der Waals surface area contributed by atoms with E-state index in [0.29, 0.717) is 25.8 Å². The molecular formula is C18H22ClF6N3O3. The molecule has 0 saturated heterocycles. The standard InChI is InChI=1S/C16H20ClF3N2O2.C2H2F3NO/c17-13(12-7-3-1-4-8-12)11-22-14(23)9-5-2-6-10-21-15(24)16(18,19)20;3-2(4,5)1(6)7/h1,3-4,7-8,13H,2,5-6,9-11H2,(H,21,24)(H,22,23);(H2,6,7). The number of nitrogens with one attached hydrogen (secondary N) is 2. The van der Waals surface area contributed by atoms with Crippen LogP contribution in [0.5, 0.6) is 0 Å². The smallest absolute Gasteiger partial charge is 0.362 e. The minimum absolute atomic E-state index is 0.0578. The first-order valence-corrected chi connectivity index (χ1v) is 9.36. The summed E-state index contributed by atoms with van der Waals surface area (Å²) in [5, 5.41) is 4.20. The molecule has 0 heterocycles. The number of rotatable bonds is 9. The average Bonchev–Trinajstić information content (AvgIpc) is 2.68. The Morgan fingerprint density at radius 1 is 0.903 bits per heavy atom. The van der Waals surface area contributed by atoms with Gasteiger partial charge >= 0.3 is 24.2 Å². The highest BCUT2D eigenvalue weighted by molar-refractivity contribution is 6.21. The fraction of sp³-hybridized carbons (Fsp3) is 0.500. The number of hydrogen-bond donors (Lipinski definition) is 3. The second-order valence-corrected chi connectivity index (χ2v) is 6.64. The number of carbonyl (C=O) groups excluding carboxylic acids is 3. The summed E-state index contributed by atoms with van der Waals surface area (Å²) >= 11 is 6.17. The monoisotopic (exact) mass is 477 g/mol. The van der Waals surface area contributed by atoms with Crippen LogP contribution >= 0.6 is 11.6 Å². The zero-order valence-electron chi connectivity index (χ0n) is 16.2. The van der Waals surface area contributed by atoms with Gasteiger partial charge in [0.05, 0.1) is 5.38 Å². The first-order chi connectivity index (χ1) is 14.2. The van der Waals surface area contributed by atoms with E-state index in [1.54, 1.807) is 5.32 Å². The molecule has 13 heteroatoms. The van der Waals surface area contributed by atoms with Gasteiger partial charge < -0.3 is 16.4 Å². The van der Waals surface area contributed by atoms with Crippen molar-refractivity contribution in [1.29, 1.82) is 0 Å². The summed E-state index contributed by atoms with van der Waals surface area (Å²) in [5.41, 5.74) is 4.72. The van der Waals surface area contributed by atoms with Gasteiger partial charge in [0.2, 0.25) is 5.91 Å². The van der Waals surface area contributed by atoms with Crippen LogP contribution in [0.15, 0.2) is 30.3 Å². The number of benzene rings is 1. The minimum atomic E-state index is -4.86. The lowest BCUT2D eigenvalue weighted by molar-refractivity contribution is -0.173. The Bertz CT molecular complexity index is 699. The van der Waals surface area contributed by atoms with Gasteiger partial charge in [-0.2, -0.15) is 26.3 Å². The fourth-order valence-electron chi connectivity index (χ4n) is 1.96. The van der Waals surface area contributed by atoms with E-state index in [2.05, 4.69) is 11.1 Å². The van der Waals surface area contributed by atoms with Crippen LogP contribution in [0, 0.1) is 0 Å². The van der Waals surface area contributed by atoms with E-state index in [-0.39, 0.29) is 24.2 Å². The Hall–Kier alpha value is -2.50. The summed E-state index contributed by atoms with van der Waals surface area (Å²) in [7, 11) is 0. The Morgan fingerprint density at radius 2 is 1.45 bits per heavy atom. The van der Waals surface area contributed by atoms with E-state index in [1.807, 2.05) is 30.3 Å². The van der Waals surface area contributed by atoms with Gasteiger partial charge in [0.1, 0.15) is 0 Å². The van der Waals surface area contributed by atoms with E-state index >= 15 is 0 Å². The molecule has 6 nitrogen and oxygen atoms in total. The van der Waals surface area contributed by atoms with Crippen LogP contribution in [0.25, 0.3) is 0 Å². The van der Waals surface area contributed by atoms with Gasteiger partial charge in [-0.15, -0.1) is 11.6 Å². The summed E-state index contributed by atoms with van der Waals surface area (Å²) in [4.78, 5) is 31.3. The van der Waals surface area contributed by atoms with Gasteiger partial charge in [0.15, 0.2) is 0 Å². The maximum atomic E-state index is 11.9. The number of primary amides is 1. The van der Waals surface area contributed by atoms with Gasteiger partial charge in [-0.3, -0.25) is 14.4 Å². The van der Waals surface area contributed by atoms with Gasteiger partial charge in [-0.1, -0.05) is 36.8 Å². The van der Waals surface area contributed by atoms with Gasteiger partial charge in [0, 0.05) is 19.5 Å². The summed E-state index contributed by atoms with van der Waals surface area (Å²) < 4.78 is 67.9. The maximum Gasteiger partial charge on any atom is 0.471 e. The predicted molar refractivity (Wildman–Crippen MR) is 101 cm³/mol. The Balaban J connectivity index is 0.00000110. The second kappa shape index (κ2) is 13.7. The summed E-state index contributed by atoms with van der Waals surface area (Å²) in [6.45, 7) is 0.254. The van der Waals surface area contributed by atoms with Crippen molar-refractivity contribution < 1.29 is 40.7 Å². The summed E-state index contributed by atoms with van der Waals surface area (Å²) in [6, 6.07) is 9.36. The highest BCUT2D eigenvalue weighted by Crippen LogP contribution is 2.18. The maximum absolute atomic E-state index is 11.9. The SMILES string of the molecule is NC(=O)C(F)(F)F.O=C(CCCCCNC(=O)C(F)(F)F)NCC(Cl)c1ccccc1. The molecule has 1 aromatic rings. The number of alkyl halides is 7. The van der Waals surface area contributed by atoms with Crippen LogP contribution in [-0.2, 0) is 14.4 Å². The van der Waals surface area contributed by atoms with E-state index < -0.39 is 24.2 Å². The predicted octanol–water partition coefficient (Wildman–Crippen LogP) is 3.36. The number of carbonyl (C=O) groups is 3. The molecule has 0 spiro atoms. The lowest BCUT2D eigenvalue weighted by atomic mass is 10.1. The van der Waals surface area contributed by atoms with Gasteiger partial charge in [0.25, 0.3) is 0 Å². The molecule has 0 aliphatic heterocycles. The zero-order valence-corrected chi connectivity index (χ0v) is 16.9. The molecule has 3 amide bonds. The Kier molecular flexibility index (Phi) is 12.6. The zero-order chi connectivity index (χ0) is 24.1. The molecule has 0 aliphatic rings. The normalized spacial score (nSPS) is 12.2. The third-order valence-electron chi connectivity index (χ3n) is 3.54. The topological polar surface area (TPSA) is 101 Å². The molecule has 0 aliphatic carbocycles. The molecule has 0 bridgehead atoms. The van der Waals surface area contributed by atoms with Crippen molar-refractivity contribution in [1.82, 2.24) is 10.6 Å². The number of halogens is 7. The lowest BCUT2D eigenvalue weighted by Gasteiger charge is -2.11. The van der Waals surface area contributed by atoms with Crippen LogP contribution < -0.4 is 16.4 Å². The van der Waals surface area contributed by atoms with Crippen molar-refractivity contribution in [2.75, 3.05) is 13.1 Å². The molecule has 1 rings (SSSR count). The van der Waals surface area contributed by atoms with Crippen molar-refractivity contribution in [2.24, 2.45) is 5.73 Å². The molecular weight excluding hydrogens is 456 g/mol. The molecule has 31 heavy (non-hydrogen) atoms. The minimum Gasteiger partial charge on any atom is -0.362 e. The highest BCUT2D eigenvalue weighted by atomic mass is 35.5. The van der Waals surface area contributed by atoms with Crippen molar-refractivity contribution in [3.8, 4) is 0 Å². The third-order valence-corrected chi connectivity index (χ3v) is 3.95. The van der Waals surface area contributed by atoms with Crippen molar-refractivity contribution in [3.63, 3.8) is 0 Å². The molecule has 4 N–H and O–H groups in total. The van der Waals surface area contributed by atoms with E-state index in [4.69, 9.17) is 16.4 Å². The number of amides is 3. The van der Waals surface area contributed by atoms with Crippen LogP contribution in [0.2, 0.25) is 0 Å². The quantitative estimate of drug-likeness (QED) is 0.289. The summed E-state index contributed by atoms with van der Waals surface area (Å²) in [5.74, 6) is -4.35. The third kappa shape index (κ3) is 14.2. The molecule has 0 radical (unpaired) electrons. The van der Waals surface area contributed by atoms with Crippen molar-refractivity contribution >= 4 is 29.3 Å². The van der Waals surface area contributed by atoms with E-state index in [0.717, 1.165) is 5.56 Å². The fourth-order valence-corrected chi connectivity index (χ4v) is 2.18. The van der Waals surface area contributed by atoms with E-state index in [1.165, 1.54) is 0 Å². The highest BCUT2D eigenvalue weighted by Gasteiger charge is 2.38. The van der Waals surface area contributed by atoms with Gasteiger partial charge in [-0.25, -0.2) is 0 Å². The molecule has 0 aromatic heterocycles. The van der Waals surface area contributed by atoms with Crippen LogP contribution in [-0.4, -0.2) is 43.2 Å². The second-order valence-electron chi connectivity index (χ2n) is 6.11. The molecule has 0 saturated carbocycles. The largest absolute Gasteiger partial charge is 0.471 e. The Morgan fingerprint density at radius 3 is 1.94 bits per heavy atom. The van der Waals surface area contributed by atoms with Crippen LogP contribution in [0.3, 0.4) is 0 Å². The summed E-state index contributed by atoms with van der Waals surface area (Å²) in [6.07, 6.45) is -7.97. The average molecular weight is 478 g/mol. The van der Waals surface area contributed by atoms with E-state index in [9.17, 15) is 35.9 Å². The van der Waals surface area contributed by atoms with Crippen LogP contribution in [0.4, 0.5) is 26.3 Å². The first kappa shape index (κ1) is 28.5. The molecule has 1 unspecified atom stereocenters. The number of unbranched alkanes of at least 4 members (excludes halogenated alkanes) is 2. The molecule has 0 fully saturated rings.